The number of halogens is 1. The SMILES string of the molecule is CCC(NCc1cc(Cl)ccc1O)c1ccccc1. The van der Waals surface area contributed by atoms with Gasteiger partial charge in [0, 0.05) is 23.2 Å². The highest BCUT2D eigenvalue weighted by Gasteiger charge is 2.09. The lowest BCUT2D eigenvalue weighted by molar-refractivity contribution is 0.455. The second-order valence-corrected chi connectivity index (χ2v) is 4.96. The van der Waals surface area contributed by atoms with Crippen LogP contribution in [0.15, 0.2) is 48.5 Å². The van der Waals surface area contributed by atoms with Crippen molar-refractivity contribution in [2.24, 2.45) is 0 Å². The van der Waals surface area contributed by atoms with Crippen LogP contribution in [-0.4, -0.2) is 5.11 Å². The Morgan fingerprint density at radius 3 is 2.58 bits per heavy atom. The van der Waals surface area contributed by atoms with Gasteiger partial charge in [-0.2, -0.15) is 0 Å². The minimum absolute atomic E-state index is 0.277. The fourth-order valence-corrected chi connectivity index (χ4v) is 2.31. The molecular weight excluding hydrogens is 258 g/mol. The molecule has 19 heavy (non-hydrogen) atoms. The van der Waals surface area contributed by atoms with E-state index in [1.54, 1.807) is 18.2 Å². The van der Waals surface area contributed by atoms with Crippen molar-refractivity contribution in [3.63, 3.8) is 0 Å². The van der Waals surface area contributed by atoms with Crippen molar-refractivity contribution in [3.05, 3.63) is 64.7 Å². The smallest absolute Gasteiger partial charge is 0.120 e. The lowest BCUT2D eigenvalue weighted by Gasteiger charge is -2.18. The number of benzene rings is 2. The number of rotatable bonds is 5. The molecule has 2 aromatic carbocycles. The summed E-state index contributed by atoms with van der Waals surface area (Å²) in [4.78, 5) is 0. The van der Waals surface area contributed by atoms with E-state index in [1.807, 2.05) is 18.2 Å². The first-order chi connectivity index (χ1) is 9.20. The van der Waals surface area contributed by atoms with Crippen molar-refractivity contribution >= 4 is 11.6 Å². The van der Waals surface area contributed by atoms with Crippen molar-refractivity contribution in [1.29, 1.82) is 0 Å². The quantitative estimate of drug-likeness (QED) is 0.853. The lowest BCUT2D eigenvalue weighted by Crippen LogP contribution is -2.20. The number of hydrogen-bond donors (Lipinski definition) is 2. The number of nitrogens with one attached hydrogen (secondary N) is 1. The van der Waals surface area contributed by atoms with Crippen molar-refractivity contribution < 1.29 is 5.11 Å². The Bertz CT molecular complexity index is 528. The van der Waals surface area contributed by atoms with Gasteiger partial charge in [-0.1, -0.05) is 48.9 Å². The van der Waals surface area contributed by atoms with E-state index in [-0.39, 0.29) is 11.8 Å². The first-order valence-electron chi connectivity index (χ1n) is 6.46. The van der Waals surface area contributed by atoms with Gasteiger partial charge < -0.3 is 10.4 Å². The molecule has 100 valence electrons. The third kappa shape index (κ3) is 3.72. The molecule has 0 spiro atoms. The molecule has 2 nitrogen and oxygen atoms in total. The Kier molecular flexibility index (Phi) is 4.83. The summed E-state index contributed by atoms with van der Waals surface area (Å²) in [6.45, 7) is 2.74. The maximum Gasteiger partial charge on any atom is 0.120 e. The predicted molar refractivity (Wildman–Crippen MR) is 79.4 cm³/mol. The topological polar surface area (TPSA) is 32.3 Å². The van der Waals surface area contributed by atoms with Crippen LogP contribution in [0.3, 0.4) is 0 Å². The predicted octanol–water partition coefficient (Wildman–Crippen LogP) is 4.29. The molecule has 2 aromatic rings. The Hall–Kier alpha value is -1.51. The Morgan fingerprint density at radius 1 is 1.16 bits per heavy atom. The van der Waals surface area contributed by atoms with Gasteiger partial charge >= 0.3 is 0 Å². The second kappa shape index (κ2) is 6.60. The molecule has 0 aromatic heterocycles. The number of aromatic hydroxyl groups is 1. The van der Waals surface area contributed by atoms with Crippen LogP contribution in [0.5, 0.6) is 5.75 Å². The van der Waals surface area contributed by atoms with Gasteiger partial charge in [-0.15, -0.1) is 0 Å². The standard InChI is InChI=1S/C16H18ClNO/c1-2-15(12-6-4-3-5-7-12)18-11-13-10-14(17)8-9-16(13)19/h3-10,15,18-19H,2,11H2,1H3. The maximum absolute atomic E-state index is 9.79. The molecule has 0 radical (unpaired) electrons. The zero-order chi connectivity index (χ0) is 13.7. The fraction of sp³-hybridized carbons (Fsp3) is 0.250. The summed E-state index contributed by atoms with van der Waals surface area (Å²) in [6.07, 6.45) is 0.991. The average molecular weight is 276 g/mol. The highest BCUT2D eigenvalue weighted by atomic mass is 35.5. The number of phenolic OH excluding ortho intramolecular Hbond substituents is 1. The summed E-state index contributed by atoms with van der Waals surface area (Å²) >= 11 is 5.94. The van der Waals surface area contributed by atoms with E-state index in [0.29, 0.717) is 11.6 Å². The van der Waals surface area contributed by atoms with E-state index in [1.165, 1.54) is 5.56 Å². The fourth-order valence-electron chi connectivity index (χ4n) is 2.11. The molecule has 1 unspecified atom stereocenters. The first kappa shape index (κ1) is 13.9. The molecule has 0 fully saturated rings. The van der Waals surface area contributed by atoms with Crippen LogP contribution in [0.25, 0.3) is 0 Å². The number of phenols is 1. The normalized spacial score (nSPS) is 12.3. The molecule has 0 bridgehead atoms. The summed E-state index contributed by atoms with van der Waals surface area (Å²) < 4.78 is 0. The van der Waals surface area contributed by atoms with E-state index < -0.39 is 0 Å². The Morgan fingerprint density at radius 2 is 1.89 bits per heavy atom. The summed E-state index contributed by atoms with van der Waals surface area (Å²) in [5.74, 6) is 0.278. The molecule has 0 aliphatic heterocycles. The molecule has 0 aliphatic carbocycles. The van der Waals surface area contributed by atoms with E-state index in [2.05, 4.69) is 24.4 Å². The summed E-state index contributed by atoms with van der Waals surface area (Å²) in [5.41, 5.74) is 2.08. The molecule has 0 heterocycles. The number of hydrogen-bond acceptors (Lipinski definition) is 2. The largest absolute Gasteiger partial charge is 0.508 e. The summed E-state index contributed by atoms with van der Waals surface area (Å²) in [6, 6.07) is 15.7. The Labute approximate surface area is 119 Å². The van der Waals surface area contributed by atoms with Gasteiger partial charge in [0.25, 0.3) is 0 Å². The van der Waals surface area contributed by atoms with Crippen molar-refractivity contribution in [2.45, 2.75) is 25.9 Å². The van der Waals surface area contributed by atoms with Gasteiger partial charge in [0.1, 0.15) is 5.75 Å². The van der Waals surface area contributed by atoms with E-state index in [0.717, 1.165) is 12.0 Å². The summed E-state index contributed by atoms with van der Waals surface area (Å²) in [7, 11) is 0. The molecular formula is C16H18ClNO. The minimum atomic E-state index is 0.277. The third-order valence-electron chi connectivity index (χ3n) is 3.19. The molecule has 0 saturated heterocycles. The van der Waals surface area contributed by atoms with Crippen LogP contribution in [0, 0.1) is 0 Å². The molecule has 0 aliphatic rings. The molecule has 2 N–H and O–H groups in total. The zero-order valence-corrected chi connectivity index (χ0v) is 11.7. The highest BCUT2D eigenvalue weighted by molar-refractivity contribution is 6.30. The maximum atomic E-state index is 9.79. The van der Waals surface area contributed by atoms with E-state index in [9.17, 15) is 5.11 Å². The van der Waals surface area contributed by atoms with E-state index >= 15 is 0 Å². The highest BCUT2D eigenvalue weighted by Crippen LogP contribution is 2.23. The van der Waals surface area contributed by atoms with Gasteiger partial charge in [0.05, 0.1) is 0 Å². The van der Waals surface area contributed by atoms with Crippen molar-refractivity contribution in [3.8, 4) is 5.75 Å². The second-order valence-electron chi connectivity index (χ2n) is 4.53. The Balaban J connectivity index is 2.06. The summed E-state index contributed by atoms with van der Waals surface area (Å²) in [5, 5.41) is 13.9. The monoisotopic (exact) mass is 275 g/mol. The minimum Gasteiger partial charge on any atom is -0.508 e. The lowest BCUT2D eigenvalue weighted by atomic mass is 10.0. The van der Waals surface area contributed by atoms with Gasteiger partial charge in [0.15, 0.2) is 0 Å². The van der Waals surface area contributed by atoms with Crippen molar-refractivity contribution in [1.82, 2.24) is 5.32 Å². The molecule has 2 rings (SSSR count). The van der Waals surface area contributed by atoms with E-state index in [4.69, 9.17) is 11.6 Å². The van der Waals surface area contributed by atoms with Gasteiger partial charge in [-0.25, -0.2) is 0 Å². The molecule has 3 heteroatoms. The average Bonchev–Trinajstić information content (AvgIpc) is 2.44. The molecule has 0 amide bonds. The molecule has 1 atom stereocenters. The van der Waals surface area contributed by atoms with Gasteiger partial charge in [-0.05, 0) is 30.2 Å². The van der Waals surface area contributed by atoms with Gasteiger partial charge in [0.2, 0.25) is 0 Å². The third-order valence-corrected chi connectivity index (χ3v) is 3.43. The molecule has 0 saturated carbocycles. The van der Waals surface area contributed by atoms with Crippen molar-refractivity contribution in [2.75, 3.05) is 0 Å². The van der Waals surface area contributed by atoms with Crippen LogP contribution >= 0.6 is 11.6 Å². The van der Waals surface area contributed by atoms with Crippen LogP contribution in [0.1, 0.15) is 30.5 Å². The van der Waals surface area contributed by atoms with Crippen LogP contribution in [0.4, 0.5) is 0 Å². The zero-order valence-electron chi connectivity index (χ0n) is 10.9. The van der Waals surface area contributed by atoms with Gasteiger partial charge in [-0.3, -0.25) is 0 Å². The van der Waals surface area contributed by atoms with Crippen LogP contribution < -0.4 is 5.32 Å². The first-order valence-corrected chi connectivity index (χ1v) is 6.84. The van der Waals surface area contributed by atoms with Crippen LogP contribution in [0.2, 0.25) is 5.02 Å². The van der Waals surface area contributed by atoms with Crippen LogP contribution in [-0.2, 0) is 6.54 Å².